The van der Waals surface area contributed by atoms with E-state index in [9.17, 15) is 4.79 Å². The Morgan fingerprint density at radius 3 is 2.63 bits per heavy atom. The molecule has 3 nitrogen and oxygen atoms in total. The number of nitriles is 1. The van der Waals surface area contributed by atoms with Crippen molar-refractivity contribution in [1.29, 1.82) is 5.26 Å². The lowest BCUT2D eigenvalue weighted by molar-refractivity contribution is 0.0990. The molecular weight excluding hydrogens is 236 g/mol. The van der Waals surface area contributed by atoms with Crippen molar-refractivity contribution < 1.29 is 4.79 Å². The van der Waals surface area contributed by atoms with Crippen molar-refractivity contribution in [1.82, 2.24) is 4.57 Å². The smallest absolute Gasteiger partial charge is 0.193 e. The lowest BCUT2D eigenvalue weighted by Gasteiger charge is -2.20. The number of carbonyl (C=O) groups excluding carboxylic acids is 1. The van der Waals surface area contributed by atoms with E-state index in [4.69, 9.17) is 5.26 Å². The molecule has 0 saturated carbocycles. The van der Waals surface area contributed by atoms with Crippen molar-refractivity contribution in [2.24, 2.45) is 7.05 Å². The van der Waals surface area contributed by atoms with Gasteiger partial charge in [-0.05, 0) is 23.1 Å². The van der Waals surface area contributed by atoms with E-state index in [2.05, 4.69) is 26.8 Å². The second-order valence-electron chi connectivity index (χ2n) is 5.84. The molecule has 0 atom stereocenters. The number of benzene rings is 1. The molecule has 0 bridgehead atoms. The Balaban J connectivity index is 2.71. The monoisotopic (exact) mass is 254 g/mol. The van der Waals surface area contributed by atoms with E-state index in [0.29, 0.717) is 5.69 Å². The number of aromatic nitrogens is 1. The van der Waals surface area contributed by atoms with Crippen molar-refractivity contribution in [2.75, 3.05) is 0 Å². The number of hydrogen-bond acceptors (Lipinski definition) is 2. The number of nitrogens with zero attached hydrogens (tertiary/aromatic N) is 2. The van der Waals surface area contributed by atoms with Crippen LogP contribution in [0.5, 0.6) is 0 Å². The molecule has 1 heterocycles. The van der Waals surface area contributed by atoms with E-state index < -0.39 is 0 Å². The molecule has 1 aromatic heterocycles. The van der Waals surface area contributed by atoms with Gasteiger partial charge in [0.2, 0.25) is 0 Å². The summed E-state index contributed by atoms with van der Waals surface area (Å²) < 4.78 is 1.88. The van der Waals surface area contributed by atoms with Crippen LogP contribution >= 0.6 is 0 Å². The SMILES string of the molecule is Cn1c(C(=O)CC#N)cc2c(C(C)(C)C)cccc21. The van der Waals surface area contributed by atoms with Crippen molar-refractivity contribution in [3.05, 3.63) is 35.5 Å². The van der Waals surface area contributed by atoms with Gasteiger partial charge >= 0.3 is 0 Å². The zero-order chi connectivity index (χ0) is 14.2. The third kappa shape index (κ3) is 2.26. The summed E-state index contributed by atoms with van der Waals surface area (Å²) in [5.74, 6) is -0.124. The summed E-state index contributed by atoms with van der Waals surface area (Å²) in [6.45, 7) is 6.47. The average Bonchev–Trinajstić information content (AvgIpc) is 2.66. The molecule has 0 radical (unpaired) electrons. The average molecular weight is 254 g/mol. The van der Waals surface area contributed by atoms with Crippen LogP contribution < -0.4 is 0 Å². The van der Waals surface area contributed by atoms with Crippen LogP contribution in [0.25, 0.3) is 10.9 Å². The highest BCUT2D eigenvalue weighted by Gasteiger charge is 2.20. The number of rotatable bonds is 2. The molecule has 0 unspecified atom stereocenters. The molecule has 19 heavy (non-hydrogen) atoms. The molecule has 3 heteroatoms. The minimum atomic E-state index is -0.124. The second-order valence-corrected chi connectivity index (χ2v) is 5.84. The van der Waals surface area contributed by atoms with Crippen molar-refractivity contribution in [3.8, 4) is 6.07 Å². The van der Waals surface area contributed by atoms with Gasteiger partial charge in [-0.15, -0.1) is 0 Å². The van der Waals surface area contributed by atoms with Crippen LogP contribution in [0.2, 0.25) is 0 Å². The maximum absolute atomic E-state index is 12.0. The molecular formula is C16H18N2O. The summed E-state index contributed by atoms with van der Waals surface area (Å²) in [6.07, 6.45) is -0.0744. The normalized spacial score (nSPS) is 11.5. The lowest BCUT2D eigenvalue weighted by atomic mass is 9.85. The Bertz CT molecular complexity index is 681. The third-order valence-electron chi connectivity index (χ3n) is 3.42. The molecule has 0 aliphatic rings. The van der Waals surface area contributed by atoms with E-state index in [0.717, 1.165) is 10.9 Å². The number of carbonyl (C=O) groups is 1. The fourth-order valence-electron chi connectivity index (χ4n) is 2.44. The third-order valence-corrected chi connectivity index (χ3v) is 3.42. The van der Waals surface area contributed by atoms with E-state index >= 15 is 0 Å². The van der Waals surface area contributed by atoms with Crippen LogP contribution in [-0.2, 0) is 12.5 Å². The summed E-state index contributed by atoms with van der Waals surface area (Å²) >= 11 is 0. The van der Waals surface area contributed by atoms with Gasteiger partial charge in [0, 0.05) is 18.0 Å². The maximum Gasteiger partial charge on any atom is 0.193 e. The lowest BCUT2D eigenvalue weighted by Crippen LogP contribution is -2.11. The Morgan fingerprint density at radius 2 is 2.05 bits per heavy atom. The summed E-state index contributed by atoms with van der Waals surface area (Å²) in [6, 6.07) is 9.95. The van der Waals surface area contributed by atoms with Gasteiger partial charge in [-0.25, -0.2) is 0 Å². The van der Waals surface area contributed by atoms with Crippen molar-refractivity contribution in [2.45, 2.75) is 32.6 Å². The molecule has 0 saturated heterocycles. The minimum Gasteiger partial charge on any atom is -0.341 e. The van der Waals surface area contributed by atoms with Gasteiger partial charge in [-0.1, -0.05) is 32.9 Å². The number of aryl methyl sites for hydroxylation is 1. The highest BCUT2D eigenvalue weighted by molar-refractivity contribution is 6.01. The molecule has 0 aliphatic carbocycles. The van der Waals surface area contributed by atoms with E-state index in [1.807, 2.05) is 35.9 Å². The number of Topliss-reactive ketones (excluding diaryl/α,β-unsaturated/α-hetero) is 1. The van der Waals surface area contributed by atoms with E-state index in [-0.39, 0.29) is 17.6 Å². The van der Waals surface area contributed by atoms with Gasteiger partial charge in [0.1, 0.15) is 6.42 Å². The first-order valence-electron chi connectivity index (χ1n) is 6.35. The topological polar surface area (TPSA) is 45.8 Å². The zero-order valence-electron chi connectivity index (χ0n) is 11.8. The number of hydrogen-bond donors (Lipinski definition) is 0. The first-order chi connectivity index (χ1) is 8.86. The van der Waals surface area contributed by atoms with Crippen molar-refractivity contribution in [3.63, 3.8) is 0 Å². The Morgan fingerprint density at radius 1 is 1.37 bits per heavy atom. The van der Waals surface area contributed by atoms with Gasteiger partial charge in [0.15, 0.2) is 5.78 Å². The molecule has 98 valence electrons. The molecule has 0 spiro atoms. The highest BCUT2D eigenvalue weighted by Crippen LogP contribution is 2.31. The Kier molecular flexibility index (Phi) is 3.20. The first-order valence-corrected chi connectivity index (χ1v) is 6.35. The van der Waals surface area contributed by atoms with Crippen molar-refractivity contribution >= 4 is 16.7 Å². The van der Waals surface area contributed by atoms with Crippen LogP contribution in [-0.4, -0.2) is 10.4 Å². The van der Waals surface area contributed by atoms with Crippen LogP contribution in [0, 0.1) is 11.3 Å². The molecule has 2 rings (SSSR count). The number of ketones is 1. The quantitative estimate of drug-likeness (QED) is 0.769. The molecule has 0 aliphatic heterocycles. The fourth-order valence-corrected chi connectivity index (χ4v) is 2.44. The first kappa shape index (κ1) is 13.4. The largest absolute Gasteiger partial charge is 0.341 e. The van der Waals surface area contributed by atoms with Gasteiger partial charge in [0.05, 0.1) is 11.8 Å². The summed E-state index contributed by atoms with van der Waals surface area (Å²) in [7, 11) is 1.87. The van der Waals surface area contributed by atoms with Gasteiger partial charge in [0.25, 0.3) is 0 Å². The van der Waals surface area contributed by atoms with E-state index in [1.54, 1.807) is 0 Å². The molecule has 0 N–H and O–H groups in total. The maximum atomic E-state index is 12.0. The Hall–Kier alpha value is -2.08. The molecule has 0 fully saturated rings. The number of fused-ring (bicyclic) bond motifs is 1. The van der Waals surface area contributed by atoms with Crippen LogP contribution in [0.3, 0.4) is 0 Å². The fraction of sp³-hybridized carbons (Fsp3) is 0.375. The van der Waals surface area contributed by atoms with Crippen LogP contribution in [0.4, 0.5) is 0 Å². The van der Waals surface area contributed by atoms with E-state index in [1.165, 1.54) is 5.56 Å². The predicted molar refractivity (Wildman–Crippen MR) is 76.2 cm³/mol. The summed E-state index contributed by atoms with van der Waals surface area (Å²) in [4.78, 5) is 12.0. The van der Waals surface area contributed by atoms with Crippen LogP contribution in [0.1, 0.15) is 43.2 Å². The minimum absolute atomic E-state index is 0.0242. The predicted octanol–water partition coefficient (Wildman–Crippen LogP) is 3.57. The summed E-state index contributed by atoms with van der Waals surface area (Å²) in [5, 5.41) is 9.76. The van der Waals surface area contributed by atoms with Gasteiger partial charge in [-0.2, -0.15) is 5.26 Å². The molecule has 0 amide bonds. The standard InChI is InChI=1S/C16H18N2O/c1-16(2,3)12-6-5-7-13-11(12)10-14(18(13)4)15(19)8-9-17/h5-7,10H,8H2,1-4H3. The van der Waals surface area contributed by atoms with Crippen LogP contribution in [0.15, 0.2) is 24.3 Å². The zero-order valence-corrected chi connectivity index (χ0v) is 11.8. The molecule has 1 aromatic carbocycles. The Labute approximate surface area is 113 Å². The second kappa shape index (κ2) is 4.55. The highest BCUT2D eigenvalue weighted by atomic mass is 16.1. The summed E-state index contributed by atoms with van der Waals surface area (Å²) in [5.41, 5.74) is 2.88. The molecule has 2 aromatic rings. The van der Waals surface area contributed by atoms with Gasteiger partial charge in [-0.3, -0.25) is 4.79 Å². The van der Waals surface area contributed by atoms with Gasteiger partial charge < -0.3 is 4.57 Å².